The van der Waals surface area contributed by atoms with Crippen LogP contribution in [-0.4, -0.2) is 27.4 Å². The van der Waals surface area contributed by atoms with Crippen molar-refractivity contribution in [2.24, 2.45) is 0 Å². The lowest BCUT2D eigenvalue weighted by Crippen LogP contribution is -2.25. The molecule has 1 unspecified atom stereocenters. The number of ether oxygens (including phenoxy) is 2. The van der Waals surface area contributed by atoms with E-state index in [2.05, 4.69) is 39.0 Å². The Kier molecular flexibility index (Phi) is 7.23. The zero-order chi connectivity index (χ0) is 24.2. The number of fused-ring (bicyclic) bond motifs is 1. The number of nitrogens with zero attached hydrogens (tertiary/aromatic N) is 2. The van der Waals surface area contributed by atoms with Crippen molar-refractivity contribution < 1.29 is 14.6 Å². The van der Waals surface area contributed by atoms with E-state index in [9.17, 15) is 5.11 Å². The van der Waals surface area contributed by atoms with Crippen molar-refractivity contribution >= 4 is 11.0 Å². The summed E-state index contributed by atoms with van der Waals surface area (Å²) < 4.78 is 14.0. The molecule has 34 heavy (non-hydrogen) atoms. The summed E-state index contributed by atoms with van der Waals surface area (Å²) in [5.41, 5.74) is 6.68. The molecule has 0 bridgehead atoms. The molecule has 3 aromatic carbocycles. The van der Waals surface area contributed by atoms with Gasteiger partial charge in [-0.1, -0.05) is 38.1 Å². The first kappa shape index (κ1) is 23.8. The molecule has 0 aliphatic heterocycles. The van der Waals surface area contributed by atoms with E-state index in [0.29, 0.717) is 19.1 Å². The summed E-state index contributed by atoms with van der Waals surface area (Å²) in [4.78, 5) is 4.78. The first-order valence-corrected chi connectivity index (χ1v) is 11.9. The first-order chi connectivity index (χ1) is 16.3. The van der Waals surface area contributed by atoms with Gasteiger partial charge < -0.3 is 19.1 Å². The summed E-state index contributed by atoms with van der Waals surface area (Å²) in [6, 6.07) is 20.3. The molecule has 5 nitrogen and oxygen atoms in total. The van der Waals surface area contributed by atoms with Gasteiger partial charge in [0.15, 0.2) is 0 Å². The van der Waals surface area contributed by atoms with Gasteiger partial charge in [0.2, 0.25) is 0 Å². The molecular weight excluding hydrogens is 424 g/mol. The fourth-order valence-electron chi connectivity index (χ4n) is 4.45. The Morgan fingerprint density at radius 2 is 1.62 bits per heavy atom. The van der Waals surface area contributed by atoms with E-state index < -0.39 is 6.10 Å². The normalized spacial score (nSPS) is 12.3. The second-order valence-corrected chi connectivity index (χ2v) is 9.38. The highest BCUT2D eigenvalue weighted by Gasteiger charge is 2.16. The van der Waals surface area contributed by atoms with Crippen LogP contribution in [0, 0.1) is 20.8 Å². The third-order valence-electron chi connectivity index (χ3n) is 6.00. The molecule has 1 aromatic heterocycles. The molecule has 1 atom stereocenters. The van der Waals surface area contributed by atoms with Crippen LogP contribution in [0.2, 0.25) is 0 Å². The van der Waals surface area contributed by atoms with E-state index in [4.69, 9.17) is 14.5 Å². The molecule has 0 aliphatic carbocycles. The Morgan fingerprint density at radius 1 is 0.882 bits per heavy atom. The van der Waals surface area contributed by atoms with Gasteiger partial charge in [-0.15, -0.1) is 0 Å². The molecule has 0 saturated heterocycles. The van der Waals surface area contributed by atoms with Crippen molar-refractivity contribution in [3.63, 3.8) is 0 Å². The molecule has 0 fully saturated rings. The molecule has 0 radical (unpaired) electrons. The minimum atomic E-state index is -0.690. The number of aryl methyl sites for hydroxylation is 3. The molecule has 0 saturated carbocycles. The average Bonchev–Trinajstić information content (AvgIpc) is 3.13. The van der Waals surface area contributed by atoms with Crippen LogP contribution in [-0.2, 0) is 13.2 Å². The van der Waals surface area contributed by atoms with E-state index in [-0.39, 0.29) is 6.61 Å². The minimum Gasteiger partial charge on any atom is -0.491 e. The van der Waals surface area contributed by atoms with Gasteiger partial charge in [-0.25, -0.2) is 4.98 Å². The lowest BCUT2D eigenvalue weighted by molar-refractivity contribution is 0.0917. The van der Waals surface area contributed by atoms with E-state index in [1.807, 2.05) is 60.9 Å². The highest BCUT2D eigenvalue weighted by Crippen LogP contribution is 2.25. The van der Waals surface area contributed by atoms with E-state index in [0.717, 1.165) is 39.5 Å². The van der Waals surface area contributed by atoms with Crippen LogP contribution >= 0.6 is 0 Å². The van der Waals surface area contributed by atoms with E-state index in [1.54, 1.807) is 0 Å². The van der Waals surface area contributed by atoms with Crippen molar-refractivity contribution in [2.75, 3.05) is 6.61 Å². The molecule has 4 aromatic rings. The van der Waals surface area contributed by atoms with E-state index in [1.165, 1.54) is 11.1 Å². The Bertz CT molecular complexity index is 1260. The Hall–Kier alpha value is -3.31. The predicted molar refractivity (Wildman–Crippen MR) is 137 cm³/mol. The Morgan fingerprint density at radius 3 is 2.32 bits per heavy atom. The van der Waals surface area contributed by atoms with Crippen LogP contribution in [0.25, 0.3) is 11.0 Å². The largest absolute Gasteiger partial charge is 0.491 e. The van der Waals surface area contributed by atoms with Gasteiger partial charge in [-0.05, 0) is 85.3 Å². The standard InChI is InChI=1S/C29H34N2O3/c1-19(2)26-11-10-24(15-22(26)5)34-18-29-30-27-8-6-7-9-28(27)31(29)16-23(32)17-33-25-13-20(3)12-21(4)14-25/h6-15,19,23,32H,16-18H2,1-5H3. The molecule has 0 spiro atoms. The topological polar surface area (TPSA) is 56.5 Å². The van der Waals surface area contributed by atoms with Gasteiger partial charge in [-0.2, -0.15) is 0 Å². The molecule has 5 heteroatoms. The SMILES string of the molecule is Cc1cc(C)cc(OCC(O)Cn2c(COc3ccc(C(C)C)c(C)c3)nc3ccccc32)c1. The maximum Gasteiger partial charge on any atom is 0.148 e. The van der Waals surface area contributed by atoms with Gasteiger partial charge >= 0.3 is 0 Å². The summed E-state index contributed by atoms with van der Waals surface area (Å²) in [6.07, 6.45) is -0.690. The monoisotopic (exact) mass is 458 g/mol. The number of imidazole rings is 1. The molecule has 1 heterocycles. The van der Waals surface area contributed by atoms with E-state index >= 15 is 0 Å². The number of aliphatic hydroxyl groups excluding tert-OH is 1. The van der Waals surface area contributed by atoms with Crippen LogP contribution < -0.4 is 9.47 Å². The van der Waals surface area contributed by atoms with Crippen molar-refractivity contribution in [3.05, 3.63) is 88.7 Å². The highest BCUT2D eigenvalue weighted by atomic mass is 16.5. The third kappa shape index (κ3) is 5.60. The minimum absolute atomic E-state index is 0.200. The van der Waals surface area contributed by atoms with Crippen LogP contribution in [0.15, 0.2) is 60.7 Å². The van der Waals surface area contributed by atoms with Gasteiger partial charge in [0.05, 0.1) is 17.6 Å². The quantitative estimate of drug-likeness (QED) is 0.329. The Balaban J connectivity index is 1.49. The number of aromatic nitrogens is 2. The summed E-state index contributed by atoms with van der Waals surface area (Å²) in [7, 11) is 0. The number of para-hydroxylation sites is 2. The zero-order valence-corrected chi connectivity index (χ0v) is 20.7. The van der Waals surface area contributed by atoms with Crippen molar-refractivity contribution in [1.82, 2.24) is 9.55 Å². The summed E-state index contributed by atoms with van der Waals surface area (Å²) >= 11 is 0. The Labute approximate surface area is 202 Å². The van der Waals surface area contributed by atoms with Crippen LogP contribution in [0.5, 0.6) is 11.5 Å². The zero-order valence-electron chi connectivity index (χ0n) is 20.7. The second-order valence-electron chi connectivity index (χ2n) is 9.38. The summed E-state index contributed by atoms with van der Waals surface area (Å²) in [5.74, 6) is 2.85. The molecule has 4 rings (SSSR count). The maximum atomic E-state index is 10.8. The lowest BCUT2D eigenvalue weighted by atomic mass is 9.98. The van der Waals surface area contributed by atoms with Gasteiger partial charge in [-0.3, -0.25) is 0 Å². The van der Waals surface area contributed by atoms with Crippen molar-refractivity contribution in [2.45, 2.75) is 59.8 Å². The van der Waals surface area contributed by atoms with Crippen LogP contribution in [0.4, 0.5) is 0 Å². The molecule has 0 aliphatic rings. The van der Waals surface area contributed by atoms with Gasteiger partial charge in [0.25, 0.3) is 0 Å². The maximum absolute atomic E-state index is 10.8. The summed E-state index contributed by atoms with van der Waals surface area (Å²) in [6.45, 7) is 11.5. The fraction of sp³-hybridized carbons (Fsp3) is 0.345. The number of hydrogen-bond acceptors (Lipinski definition) is 4. The smallest absolute Gasteiger partial charge is 0.148 e. The van der Waals surface area contributed by atoms with Crippen molar-refractivity contribution in [1.29, 1.82) is 0 Å². The molecule has 178 valence electrons. The molecule has 1 N–H and O–H groups in total. The number of aliphatic hydroxyl groups is 1. The predicted octanol–water partition coefficient (Wildman–Crippen LogP) is 6.10. The number of hydrogen-bond donors (Lipinski definition) is 1. The van der Waals surface area contributed by atoms with Gasteiger partial charge in [0, 0.05) is 0 Å². The lowest BCUT2D eigenvalue weighted by Gasteiger charge is -2.17. The third-order valence-corrected chi connectivity index (χ3v) is 6.00. The summed E-state index contributed by atoms with van der Waals surface area (Å²) in [5, 5.41) is 10.8. The molecular formula is C29H34N2O3. The number of benzene rings is 3. The van der Waals surface area contributed by atoms with Crippen LogP contribution in [0.1, 0.15) is 47.8 Å². The molecule has 0 amide bonds. The second kappa shape index (κ2) is 10.3. The first-order valence-electron chi connectivity index (χ1n) is 11.9. The fourth-order valence-corrected chi connectivity index (χ4v) is 4.45. The highest BCUT2D eigenvalue weighted by molar-refractivity contribution is 5.75. The number of rotatable bonds is 9. The van der Waals surface area contributed by atoms with Crippen molar-refractivity contribution in [3.8, 4) is 11.5 Å². The van der Waals surface area contributed by atoms with Crippen LogP contribution in [0.3, 0.4) is 0 Å². The van der Waals surface area contributed by atoms with Gasteiger partial charge in [0.1, 0.15) is 36.6 Å². The average molecular weight is 459 g/mol.